The molecule has 0 aliphatic carbocycles. The molecule has 0 spiro atoms. The summed E-state index contributed by atoms with van der Waals surface area (Å²) in [6.45, 7) is 0. The Labute approximate surface area is 319 Å². The lowest BCUT2D eigenvalue weighted by molar-refractivity contribution is 1.30. The van der Waals surface area contributed by atoms with Crippen molar-refractivity contribution >= 4 is 92.3 Å². The van der Waals surface area contributed by atoms with Crippen LogP contribution in [0.25, 0.3) is 79.2 Å². The molecule has 7 aromatic rings. The smallest absolute Gasteiger partial charge is 0.0815 e. The van der Waals surface area contributed by atoms with Gasteiger partial charge in [-0.1, -0.05) is 94.9 Å². The van der Waals surface area contributed by atoms with Gasteiger partial charge in [0.05, 0.1) is 28.3 Å². The second kappa shape index (κ2) is 13.3. The summed E-state index contributed by atoms with van der Waals surface area (Å²) in [5.41, 5.74) is 14.5. The third-order valence-corrected chi connectivity index (χ3v) is 10.2. The molecule has 2 aliphatic heterocycles. The highest BCUT2D eigenvalue weighted by molar-refractivity contribution is 6.31. The standard InChI is InChI=1S/C44H26Cl4N4/c45-29-9-1-25(2-10-29)38-23-37-22-35-18-17-33(49-35)21-34-19-20-36(50-34)24-39-40(26-3-11-30(46)12-4-26)41(27-5-13-31(47)14-6-27)44(52-39)42(43(38)51-37)28-7-15-32(48)16-8-28/h1-24,49,52H. The van der Waals surface area contributed by atoms with Crippen LogP contribution in [0.4, 0.5) is 0 Å². The topological polar surface area (TPSA) is 57.4 Å². The number of fused-ring (bicyclic) bond motifs is 8. The van der Waals surface area contributed by atoms with E-state index in [-0.39, 0.29) is 0 Å². The van der Waals surface area contributed by atoms with Crippen molar-refractivity contribution in [1.29, 1.82) is 0 Å². The normalized spacial score (nSPS) is 12.3. The number of aromatic nitrogens is 4. The van der Waals surface area contributed by atoms with Gasteiger partial charge in [-0.25, -0.2) is 9.97 Å². The van der Waals surface area contributed by atoms with E-state index in [2.05, 4.69) is 28.2 Å². The van der Waals surface area contributed by atoms with E-state index in [0.29, 0.717) is 20.1 Å². The number of H-pyrrole nitrogens is 2. The number of benzene rings is 4. The van der Waals surface area contributed by atoms with Gasteiger partial charge in [0.2, 0.25) is 0 Å². The molecule has 2 aliphatic rings. The van der Waals surface area contributed by atoms with Crippen LogP contribution in [0.3, 0.4) is 0 Å². The molecular weight excluding hydrogens is 726 g/mol. The molecule has 4 aromatic carbocycles. The SMILES string of the molecule is Clc1ccc(C2=Cc3cc4ccc(cc5nc(cc6[nH]c(c(-c7ccc(Cl)cc7)c2n3)c(-c2ccc(Cl)cc2)c6-c2ccc(Cl)cc2)C=C5)[nH]4)cc1. The minimum atomic E-state index is 0.637. The van der Waals surface area contributed by atoms with Gasteiger partial charge in [-0.3, -0.25) is 0 Å². The van der Waals surface area contributed by atoms with Crippen LogP contribution >= 0.6 is 46.4 Å². The molecule has 0 amide bonds. The number of halogens is 4. The summed E-state index contributed by atoms with van der Waals surface area (Å²) in [5, 5.41) is 2.59. The van der Waals surface area contributed by atoms with E-state index in [1.54, 1.807) is 0 Å². The van der Waals surface area contributed by atoms with Crippen molar-refractivity contribution in [3.8, 4) is 33.4 Å². The summed E-state index contributed by atoms with van der Waals surface area (Å²) in [5.74, 6) is 0. The van der Waals surface area contributed by atoms with Gasteiger partial charge >= 0.3 is 0 Å². The maximum atomic E-state index is 6.50. The van der Waals surface area contributed by atoms with Gasteiger partial charge in [0, 0.05) is 58.9 Å². The summed E-state index contributed by atoms with van der Waals surface area (Å²) in [6, 6.07) is 41.9. The maximum Gasteiger partial charge on any atom is 0.0815 e. The van der Waals surface area contributed by atoms with E-state index in [4.69, 9.17) is 56.4 Å². The van der Waals surface area contributed by atoms with Gasteiger partial charge in [-0.05, 0) is 119 Å². The summed E-state index contributed by atoms with van der Waals surface area (Å²) in [4.78, 5) is 17.8. The minimum Gasteiger partial charge on any atom is -0.355 e. The van der Waals surface area contributed by atoms with Crippen molar-refractivity contribution in [2.45, 2.75) is 0 Å². The van der Waals surface area contributed by atoms with Crippen LogP contribution in [0.15, 0.2) is 127 Å². The number of rotatable bonds is 4. The lowest BCUT2D eigenvalue weighted by Gasteiger charge is -2.13. The third kappa shape index (κ3) is 6.25. The zero-order chi connectivity index (χ0) is 35.3. The van der Waals surface area contributed by atoms with E-state index in [1.807, 2.05) is 127 Å². The maximum absolute atomic E-state index is 6.50. The Balaban J connectivity index is 1.53. The lowest BCUT2D eigenvalue weighted by atomic mass is 9.91. The number of hydrogen-bond donors (Lipinski definition) is 2. The highest BCUT2D eigenvalue weighted by Crippen LogP contribution is 2.46. The van der Waals surface area contributed by atoms with Crippen LogP contribution in [-0.4, -0.2) is 19.9 Å². The van der Waals surface area contributed by atoms with Gasteiger partial charge in [0.25, 0.3) is 0 Å². The van der Waals surface area contributed by atoms with Crippen molar-refractivity contribution in [2.75, 3.05) is 0 Å². The van der Waals surface area contributed by atoms with Crippen molar-refractivity contribution in [1.82, 2.24) is 19.9 Å². The van der Waals surface area contributed by atoms with Crippen molar-refractivity contribution in [3.05, 3.63) is 176 Å². The average Bonchev–Trinajstić information content (AvgIpc) is 3.95. The zero-order valence-electron chi connectivity index (χ0n) is 27.3. The Morgan fingerprint density at radius 3 is 1.42 bits per heavy atom. The molecule has 2 N–H and O–H groups in total. The molecule has 8 heteroatoms. The van der Waals surface area contributed by atoms with Crippen molar-refractivity contribution in [2.24, 2.45) is 0 Å². The van der Waals surface area contributed by atoms with Crippen LogP contribution in [0, 0.1) is 0 Å². The molecule has 0 saturated carbocycles. The van der Waals surface area contributed by atoms with Crippen LogP contribution in [0.1, 0.15) is 28.3 Å². The molecule has 0 saturated heterocycles. The van der Waals surface area contributed by atoms with Gasteiger partial charge in [0.15, 0.2) is 0 Å². The predicted molar refractivity (Wildman–Crippen MR) is 220 cm³/mol. The molecule has 52 heavy (non-hydrogen) atoms. The number of aromatic amines is 2. The van der Waals surface area contributed by atoms with E-state index in [9.17, 15) is 0 Å². The summed E-state index contributed by atoms with van der Waals surface area (Å²) >= 11 is 25.8. The van der Waals surface area contributed by atoms with Gasteiger partial charge in [-0.2, -0.15) is 0 Å². The Hall–Kier alpha value is -5.36. The Morgan fingerprint density at radius 1 is 0.404 bits per heavy atom. The average molecular weight is 753 g/mol. The van der Waals surface area contributed by atoms with Gasteiger partial charge in [-0.15, -0.1) is 0 Å². The van der Waals surface area contributed by atoms with Gasteiger partial charge in [0.1, 0.15) is 0 Å². The number of hydrogen-bond acceptors (Lipinski definition) is 2. The first-order chi connectivity index (χ1) is 25.3. The van der Waals surface area contributed by atoms with E-state index < -0.39 is 0 Å². The molecular formula is C44H26Cl4N4. The quantitative estimate of drug-likeness (QED) is 0.188. The number of nitrogens with one attached hydrogen (secondary N) is 2. The molecule has 3 aromatic heterocycles. The van der Waals surface area contributed by atoms with Crippen molar-refractivity contribution in [3.63, 3.8) is 0 Å². The molecule has 9 rings (SSSR count). The lowest BCUT2D eigenvalue weighted by Crippen LogP contribution is -1.93. The second-order valence-corrected chi connectivity index (χ2v) is 14.4. The minimum absolute atomic E-state index is 0.637. The molecule has 5 heterocycles. The molecule has 4 nitrogen and oxygen atoms in total. The fourth-order valence-electron chi connectivity index (χ4n) is 6.82. The Kier molecular flexibility index (Phi) is 8.33. The molecule has 0 radical (unpaired) electrons. The van der Waals surface area contributed by atoms with Gasteiger partial charge < -0.3 is 9.97 Å². The molecule has 250 valence electrons. The van der Waals surface area contributed by atoms with Crippen molar-refractivity contribution < 1.29 is 0 Å². The first-order valence-electron chi connectivity index (χ1n) is 16.6. The van der Waals surface area contributed by atoms with E-state index in [0.717, 1.165) is 89.4 Å². The fraction of sp³-hybridized carbons (Fsp3) is 0. The van der Waals surface area contributed by atoms with Crippen LogP contribution in [-0.2, 0) is 0 Å². The first kappa shape index (κ1) is 32.5. The summed E-state index contributed by atoms with van der Waals surface area (Å²) in [6.07, 6.45) is 6.18. The monoisotopic (exact) mass is 750 g/mol. The van der Waals surface area contributed by atoms with E-state index in [1.165, 1.54) is 0 Å². The van der Waals surface area contributed by atoms with Crippen LogP contribution in [0.2, 0.25) is 20.1 Å². The first-order valence-corrected chi connectivity index (χ1v) is 18.1. The fourth-order valence-corrected chi connectivity index (χ4v) is 7.33. The number of nitrogens with zero attached hydrogens (tertiary/aromatic N) is 2. The third-order valence-electron chi connectivity index (χ3n) is 9.17. The summed E-state index contributed by atoms with van der Waals surface area (Å²) in [7, 11) is 0. The molecule has 0 atom stereocenters. The highest BCUT2D eigenvalue weighted by atomic mass is 35.5. The summed E-state index contributed by atoms with van der Waals surface area (Å²) < 4.78 is 0. The Morgan fingerprint density at radius 2 is 0.865 bits per heavy atom. The highest BCUT2D eigenvalue weighted by Gasteiger charge is 2.24. The molecule has 0 unspecified atom stereocenters. The predicted octanol–water partition coefficient (Wildman–Crippen LogP) is 13.7. The molecule has 8 bridgehead atoms. The van der Waals surface area contributed by atoms with Crippen LogP contribution < -0.4 is 0 Å². The largest absolute Gasteiger partial charge is 0.355 e. The second-order valence-electron chi connectivity index (χ2n) is 12.6. The zero-order valence-corrected chi connectivity index (χ0v) is 30.3. The Bertz CT molecular complexity index is 2740. The van der Waals surface area contributed by atoms with Crippen LogP contribution in [0.5, 0.6) is 0 Å². The molecule has 0 fully saturated rings. The van der Waals surface area contributed by atoms with E-state index >= 15 is 0 Å².